The van der Waals surface area contributed by atoms with Crippen LogP contribution in [0.25, 0.3) is 11.3 Å². The van der Waals surface area contributed by atoms with Crippen molar-refractivity contribution in [2.45, 2.75) is 0 Å². The minimum Gasteiger partial charge on any atom is -0.285 e. The maximum absolute atomic E-state index is 3.96. The normalized spacial score (nSPS) is 9.82. The van der Waals surface area contributed by atoms with Crippen molar-refractivity contribution < 1.29 is 0 Å². The van der Waals surface area contributed by atoms with Gasteiger partial charge in [-0.3, -0.25) is 5.10 Å². The van der Waals surface area contributed by atoms with E-state index in [0.717, 1.165) is 11.3 Å². The summed E-state index contributed by atoms with van der Waals surface area (Å²) in [6.07, 6.45) is 6.09. The highest BCUT2D eigenvalue weighted by Gasteiger charge is 1.97. The van der Waals surface area contributed by atoms with Crippen molar-refractivity contribution in [2.24, 2.45) is 0 Å². The van der Waals surface area contributed by atoms with Gasteiger partial charge in [0.1, 0.15) is 6.20 Å². The summed E-state index contributed by atoms with van der Waals surface area (Å²) < 4.78 is 0. The predicted molar refractivity (Wildman–Crippen MR) is 38.4 cm³/mol. The highest BCUT2D eigenvalue weighted by atomic mass is 15.1. The second-order valence-corrected chi connectivity index (χ2v) is 2.02. The Balaban J connectivity index is 2.46. The van der Waals surface area contributed by atoms with E-state index in [-0.39, 0.29) is 0 Å². The molecule has 0 aromatic carbocycles. The summed E-state index contributed by atoms with van der Waals surface area (Å²) in [6.45, 7) is 0. The Hall–Kier alpha value is -1.71. The van der Waals surface area contributed by atoms with Gasteiger partial charge in [-0.1, -0.05) is 0 Å². The van der Waals surface area contributed by atoms with Gasteiger partial charge in [-0.15, -0.1) is 5.10 Å². The summed E-state index contributed by atoms with van der Waals surface area (Å²) in [6, 6.07) is 3.66. The molecule has 0 aliphatic carbocycles. The molecule has 2 aromatic rings. The van der Waals surface area contributed by atoms with E-state index in [1.54, 1.807) is 12.4 Å². The third kappa shape index (κ3) is 1.10. The van der Waals surface area contributed by atoms with E-state index < -0.39 is 0 Å². The molecule has 2 aromatic heterocycles. The predicted octanol–water partition coefficient (Wildman–Crippen LogP) is 0.667. The number of hydrogen-bond donors (Lipinski definition) is 1. The number of rotatable bonds is 1. The van der Waals surface area contributed by atoms with E-state index in [4.69, 9.17) is 0 Å². The van der Waals surface area contributed by atoms with Crippen molar-refractivity contribution >= 4 is 0 Å². The zero-order valence-corrected chi connectivity index (χ0v) is 5.65. The van der Waals surface area contributed by atoms with Crippen molar-refractivity contribution in [3.63, 3.8) is 0 Å². The van der Waals surface area contributed by atoms with Gasteiger partial charge in [-0.2, -0.15) is 10.2 Å². The molecule has 53 valence electrons. The first-order valence-corrected chi connectivity index (χ1v) is 3.16. The SMILES string of the molecule is [c]1nnccc1-c1cc[nH]n1. The molecule has 0 saturated heterocycles. The van der Waals surface area contributed by atoms with Crippen molar-refractivity contribution in [3.8, 4) is 11.3 Å². The standard InChI is InChI=1S/C7H5N4/c1-3-8-10-5-6(1)7-2-4-9-11-7/h1-4H,(H,9,11). The molecule has 0 aliphatic heterocycles. The first kappa shape index (κ1) is 6.03. The van der Waals surface area contributed by atoms with E-state index in [2.05, 4.69) is 26.6 Å². The first-order chi connectivity index (χ1) is 5.47. The second kappa shape index (κ2) is 2.49. The molecule has 0 atom stereocenters. The van der Waals surface area contributed by atoms with Crippen LogP contribution in [0.15, 0.2) is 24.5 Å². The molecule has 1 radical (unpaired) electrons. The quantitative estimate of drug-likeness (QED) is 0.641. The molecule has 1 N–H and O–H groups in total. The zero-order chi connectivity index (χ0) is 7.52. The molecular formula is C7H5N4. The lowest BCUT2D eigenvalue weighted by Gasteiger charge is -1.89. The van der Waals surface area contributed by atoms with Crippen LogP contribution in [0.4, 0.5) is 0 Å². The third-order valence-electron chi connectivity index (χ3n) is 1.31. The Bertz CT molecular complexity index is 313. The average molecular weight is 145 g/mol. The van der Waals surface area contributed by atoms with Crippen LogP contribution in [0.1, 0.15) is 0 Å². The molecule has 4 nitrogen and oxygen atoms in total. The Morgan fingerprint density at radius 1 is 1.36 bits per heavy atom. The minimum absolute atomic E-state index is 0.833. The summed E-state index contributed by atoms with van der Waals surface area (Å²) in [7, 11) is 0. The molecule has 2 rings (SSSR count). The Morgan fingerprint density at radius 2 is 2.36 bits per heavy atom. The number of nitrogens with one attached hydrogen (secondary N) is 1. The lowest BCUT2D eigenvalue weighted by Crippen LogP contribution is -1.82. The molecule has 0 unspecified atom stereocenters. The van der Waals surface area contributed by atoms with Crippen LogP contribution in [-0.2, 0) is 0 Å². The van der Waals surface area contributed by atoms with Crippen LogP contribution in [0.3, 0.4) is 0 Å². The topological polar surface area (TPSA) is 54.5 Å². The van der Waals surface area contributed by atoms with Gasteiger partial charge >= 0.3 is 0 Å². The smallest absolute Gasteiger partial charge is 0.123 e. The van der Waals surface area contributed by atoms with Gasteiger partial charge in [0.05, 0.1) is 11.9 Å². The number of aromatic amines is 1. The molecule has 4 heteroatoms. The van der Waals surface area contributed by atoms with Crippen molar-refractivity contribution in [1.29, 1.82) is 0 Å². The van der Waals surface area contributed by atoms with Crippen LogP contribution in [0, 0.1) is 6.20 Å². The van der Waals surface area contributed by atoms with Crippen molar-refractivity contribution in [2.75, 3.05) is 0 Å². The fourth-order valence-corrected chi connectivity index (χ4v) is 0.814. The van der Waals surface area contributed by atoms with Crippen molar-refractivity contribution in [1.82, 2.24) is 20.4 Å². The maximum atomic E-state index is 3.96. The minimum atomic E-state index is 0.833. The van der Waals surface area contributed by atoms with Gasteiger partial charge in [-0.05, 0) is 12.1 Å². The van der Waals surface area contributed by atoms with Gasteiger partial charge < -0.3 is 0 Å². The van der Waals surface area contributed by atoms with E-state index in [9.17, 15) is 0 Å². The molecule has 0 spiro atoms. The molecule has 0 amide bonds. The fourth-order valence-electron chi connectivity index (χ4n) is 0.814. The monoisotopic (exact) mass is 145 g/mol. The molecule has 0 aliphatic rings. The summed E-state index contributed by atoms with van der Waals surface area (Å²) >= 11 is 0. The lowest BCUT2D eigenvalue weighted by molar-refractivity contribution is 1.02. The number of hydrogen-bond acceptors (Lipinski definition) is 3. The van der Waals surface area contributed by atoms with Gasteiger partial charge in [-0.25, -0.2) is 0 Å². The van der Waals surface area contributed by atoms with Crippen molar-refractivity contribution in [3.05, 3.63) is 30.7 Å². The largest absolute Gasteiger partial charge is 0.285 e. The molecule has 2 heterocycles. The number of aromatic nitrogens is 4. The highest BCUT2D eigenvalue weighted by molar-refractivity contribution is 5.55. The maximum Gasteiger partial charge on any atom is 0.123 e. The summed E-state index contributed by atoms with van der Waals surface area (Å²) in [4.78, 5) is 0. The molecule has 0 saturated carbocycles. The van der Waals surface area contributed by atoms with Crippen LogP contribution >= 0.6 is 0 Å². The fraction of sp³-hybridized carbons (Fsp3) is 0. The third-order valence-corrected chi connectivity index (χ3v) is 1.31. The zero-order valence-electron chi connectivity index (χ0n) is 5.65. The second-order valence-electron chi connectivity index (χ2n) is 2.02. The average Bonchev–Trinajstić information content (AvgIpc) is 2.58. The van der Waals surface area contributed by atoms with E-state index in [1.807, 2.05) is 12.1 Å². The summed E-state index contributed by atoms with van der Waals surface area (Å²) in [5.74, 6) is 0. The van der Waals surface area contributed by atoms with E-state index in [1.165, 1.54) is 0 Å². The number of H-pyrrole nitrogens is 1. The molecule has 0 fully saturated rings. The van der Waals surface area contributed by atoms with Crippen LogP contribution in [0.2, 0.25) is 0 Å². The Morgan fingerprint density at radius 3 is 3.00 bits per heavy atom. The number of nitrogens with zero attached hydrogens (tertiary/aromatic N) is 3. The molecule has 0 bridgehead atoms. The van der Waals surface area contributed by atoms with Crippen LogP contribution in [-0.4, -0.2) is 20.4 Å². The summed E-state index contributed by atoms with van der Waals surface area (Å²) in [5, 5.41) is 13.9. The van der Waals surface area contributed by atoms with E-state index >= 15 is 0 Å². The van der Waals surface area contributed by atoms with E-state index in [0.29, 0.717) is 0 Å². The first-order valence-electron chi connectivity index (χ1n) is 3.16. The van der Waals surface area contributed by atoms with Crippen LogP contribution in [0.5, 0.6) is 0 Å². The molecular weight excluding hydrogens is 140 g/mol. The van der Waals surface area contributed by atoms with Gasteiger partial charge in [0.2, 0.25) is 0 Å². The summed E-state index contributed by atoms with van der Waals surface area (Å²) in [5.41, 5.74) is 1.68. The van der Waals surface area contributed by atoms with Gasteiger partial charge in [0, 0.05) is 11.8 Å². The molecule has 11 heavy (non-hydrogen) atoms. The lowest BCUT2D eigenvalue weighted by atomic mass is 10.2. The Kier molecular flexibility index (Phi) is 1.37. The highest BCUT2D eigenvalue weighted by Crippen LogP contribution is 2.11. The Labute approximate surface area is 63.3 Å². The van der Waals surface area contributed by atoms with Gasteiger partial charge in [0.25, 0.3) is 0 Å². The van der Waals surface area contributed by atoms with Crippen LogP contribution < -0.4 is 0 Å². The van der Waals surface area contributed by atoms with Gasteiger partial charge in [0.15, 0.2) is 0 Å².